The lowest BCUT2D eigenvalue weighted by molar-refractivity contribution is -0.143. The zero-order valence-electron chi connectivity index (χ0n) is 20.0. The van der Waals surface area contributed by atoms with Crippen LogP contribution in [0.1, 0.15) is 118 Å². The van der Waals surface area contributed by atoms with Crippen LogP contribution in [0, 0.1) is 10.8 Å². The summed E-state index contributed by atoms with van der Waals surface area (Å²) in [5.74, 6) is -0.0701. The summed E-state index contributed by atoms with van der Waals surface area (Å²) < 4.78 is 5.38. The maximum atomic E-state index is 11.9. The van der Waals surface area contributed by atoms with Crippen LogP contribution in [0.3, 0.4) is 0 Å². The molecule has 0 saturated heterocycles. The van der Waals surface area contributed by atoms with Gasteiger partial charge < -0.3 is 15.8 Å². The summed E-state index contributed by atoms with van der Waals surface area (Å²) >= 11 is 0. The van der Waals surface area contributed by atoms with Crippen LogP contribution < -0.4 is 11.1 Å². The molecule has 0 aromatic rings. The Balaban J connectivity index is 1.95. The van der Waals surface area contributed by atoms with Crippen molar-refractivity contribution in [2.45, 2.75) is 124 Å². The van der Waals surface area contributed by atoms with Crippen LogP contribution in [-0.4, -0.2) is 31.7 Å². The summed E-state index contributed by atoms with van der Waals surface area (Å²) in [7, 11) is 0. The monoisotopic (exact) mass is 410 g/mol. The van der Waals surface area contributed by atoms with Crippen LogP contribution in [0.4, 0.5) is 0 Å². The lowest BCUT2D eigenvalue weighted by Gasteiger charge is -2.46. The number of hydrogen-bond donors (Lipinski definition) is 2. The van der Waals surface area contributed by atoms with Crippen molar-refractivity contribution in [3.8, 4) is 0 Å². The van der Waals surface area contributed by atoms with E-state index in [0.29, 0.717) is 25.0 Å². The van der Waals surface area contributed by atoms with E-state index in [1.807, 2.05) is 0 Å². The topological polar surface area (TPSA) is 64.3 Å². The van der Waals surface area contributed by atoms with E-state index in [0.717, 1.165) is 25.8 Å². The molecule has 1 saturated carbocycles. The van der Waals surface area contributed by atoms with Gasteiger partial charge in [-0.2, -0.15) is 0 Å². The molecule has 0 aromatic heterocycles. The fraction of sp³-hybridized carbons (Fsp3) is 0.960. The van der Waals surface area contributed by atoms with E-state index in [1.165, 1.54) is 64.2 Å². The van der Waals surface area contributed by atoms with Gasteiger partial charge in [0.1, 0.15) is 0 Å². The average molecular weight is 411 g/mol. The Morgan fingerprint density at radius 3 is 2.14 bits per heavy atom. The number of rotatable bonds is 16. The maximum Gasteiger partial charge on any atom is 0.307 e. The molecule has 2 unspecified atom stereocenters. The van der Waals surface area contributed by atoms with Crippen molar-refractivity contribution in [2.75, 3.05) is 19.7 Å². The third-order valence-corrected chi connectivity index (χ3v) is 6.29. The molecule has 1 rings (SSSR count). The quantitative estimate of drug-likeness (QED) is 0.243. The second-order valence-corrected chi connectivity index (χ2v) is 10.6. The smallest absolute Gasteiger partial charge is 0.307 e. The van der Waals surface area contributed by atoms with Crippen LogP contribution in [0.5, 0.6) is 0 Å². The molecule has 4 nitrogen and oxygen atoms in total. The van der Waals surface area contributed by atoms with Crippen LogP contribution in [0.25, 0.3) is 0 Å². The summed E-state index contributed by atoms with van der Waals surface area (Å²) in [6, 6.07) is 0.288. The standard InChI is InChI=1S/C25H50N2O2/c1-5-6-7-8-9-10-11-12-13-14-17-29-23(28)15-16-27-21-25(4)19-22(26)18-24(2,3)20-25/h22,27H,5-21,26H2,1-4H3. The number of ether oxygens (including phenoxy) is 1. The minimum Gasteiger partial charge on any atom is -0.466 e. The van der Waals surface area contributed by atoms with Gasteiger partial charge in [-0.15, -0.1) is 0 Å². The Bertz CT molecular complexity index is 439. The summed E-state index contributed by atoms with van der Waals surface area (Å²) in [5, 5.41) is 3.47. The fourth-order valence-electron chi connectivity index (χ4n) is 5.28. The first-order chi connectivity index (χ1) is 13.8. The fourth-order valence-corrected chi connectivity index (χ4v) is 5.28. The van der Waals surface area contributed by atoms with Crippen LogP contribution in [-0.2, 0) is 9.53 Å². The van der Waals surface area contributed by atoms with Gasteiger partial charge in [0.25, 0.3) is 0 Å². The first-order valence-electron chi connectivity index (χ1n) is 12.4. The molecule has 1 aliphatic rings. The van der Waals surface area contributed by atoms with E-state index in [-0.39, 0.29) is 17.4 Å². The van der Waals surface area contributed by atoms with Crippen LogP contribution >= 0.6 is 0 Å². The molecule has 0 amide bonds. The Kier molecular flexibility index (Phi) is 13.1. The van der Waals surface area contributed by atoms with Crippen molar-refractivity contribution in [3.05, 3.63) is 0 Å². The van der Waals surface area contributed by atoms with E-state index in [1.54, 1.807) is 0 Å². The van der Waals surface area contributed by atoms with E-state index in [9.17, 15) is 4.79 Å². The predicted octanol–water partition coefficient (Wildman–Crippen LogP) is 5.97. The molecule has 29 heavy (non-hydrogen) atoms. The molecule has 0 radical (unpaired) electrons. The number of unbranched alkanes of at least 4 members (excludes halogenated alkanes) is 9. The Morgan fingerprint density at radius 2 is 1.55 bits per heavy atom. The first-order valence-corrected chi connectivity index (χ1v) is 12.4. The molecule has 0 bridgehead atoms. The van der Waals surface area contributed by atoms with Gasteiger partial charge in [0.2, 0.25) is 0 Å². The zero-order valence-corrected chi connectivity index (χ0v) is 20.0. The molecule has 0 heterocycles. The molecular weight excluding hydrogens is 360 g/mol. The van der Waals surface area contributed by atoms with Gasteiger partial charge in [-0.3, -0.25) is 4.79 Å². The lowest BCUT2D eigenvalue weighted by Crippen LogP contribution is -2.46. The van der Waals surface area contributed by atoms with E-state index in [4.69, 9.17) is 10.5 Å². The molecule has 0 aromatic carbocycles. The highest BCUT2D eigenvalue weighted by Crippen LogP contribution is 2.45. The molecule has 1 fully saturated rings. The number of esters is 1. The van der Waals surface area contributed by atoms with Gasteiger partial charge in [0.15, 0.2) is 0 Å². The van der Waals surface area contributed by atoms with E-state index >= 15 is 0 Å². The minimum absolute atomic E-state index is 0.0701. The van der Waals surface area contributed by atoms with Gasteiger partial charge >= 0.3 is 5.97 Å². The second-order valence-electron chi connectivity index (χ2n) is 10.6. The SMILES string of the molecule is CCCCCCCCCCCCOC(=O)CCNCC1(C)CC(N)CC(C)(C)C1. The van der Waals surface area contributed by atoms with Crippen LogP contribution in [0.15, 0.2) is 0 Å². The van der Waals surface area contributed by atoms with Crippen molar-refractivity contribution >= 4 is 5.97 Å². The number of nitrogens with one attached hydrogen (secondary N) is 1. The third-order valence-electron chi connectivity index (χ3n) is 6.29. The Morgan fingerprint density at radius 1 is 0.966 bits per heavy atom. The summed E-state index contributed by atoms with van der Waals surface area (Å²) in [5.41, 5.74) is 6.80. The number of carbonyl (C=O) groups excluding carboxylic acids is 1. The molecule has 0 spiro atoms. The number of hydrogen-bond acceptors (Lipinski definition) is 4. The average Bonchev–Trinajstić information content (AvgIpc) is 2.61. The molecule has 3 N–H and O–H groups in total. The van der Waals surface area contributed by atoms with E-state index < -0.39 is 0 Å². The van der Waals surface area contributed by atoms with Gasteiger partial charge in [0, 0.05) is 19.1 Å². The van der Waals surface area contributed by atoms with Gasteiger partial charge in [-0.1, -0.05) is 85.5 Å². The molecule has 0 aliphatic heterocycles. The summed E-state index contributed by atoms with van der Waals surface area (Å²) in [6.07, 6.45) is 16.8. The highest BCUT2D eigenvalue weighted by Gasteiger charge is 2.39. The Labute approximate surface area is 181 Å². The Hall–Kier alpha value is -0.610. The lowest BCUT2D eigenvalue weighted by atomic mass is 9.63. The normalized spacial score (nSPS) is 23.8. The maximum absolute atomic E-state index is 11.9. The molecule has 2 atom stereocenters. The second kappa shape index (κ2) is 14.4. The molecule has 172 valence electrons. The van der Waals surface area contributed by atoms with Crippen molar-refractivity contribution in [1.29, 1.82) is 0 Å². The summed E-state index contributed by atoms with van der Waals surface area (Å²) in [6.45, 7) is 11.4. The largest absolute Gasteiger partial charge is 0.466 e. The summed E-state index contributed by atoms with van der Waals surface area (Å²) in [4.78, 5) is 11.9. The number of nitrogens with two attached hydrogens (primary N) is 1. The zero-order chi connectivity index (χ0) is 21.6. The first kappa shape index (κ1) is 26.4. The van der Waals surface area contributed by atoms with E-state index in [2.05, 4.69) is 33.0 Å². The van der Waals surface area contributed by atoms with Crippen molar-refractivity contribution in [1.82, 2.24) is 5.32 Å². The van der Waals surface area contributed by atoms with Crippen molar-refractivity contribution in [3.63, 3.8) is 0 Å². The third kappa shape index (κ3) is 13.3. The van der Waals surface area contributed by atoms with Gasteiger partial charge in [0.05, 0.1) is 13.0 Å². The van der Waals surface area contributed by atoms with Gasteiger partial charge in [-0.25, -0.2) is 0 Å². The van der Waals surface area contributed by atoms with Crippen LogP contribution in [0.2, 0.25) is 0 Å². The minimum atomic E-state index is -0.0701. The molecule has 4 heteroatoms. The van der Waals surface area contributed by atoms with Crippen molar-refractivity contribution in [2.24, 2.45) is 16.6 Å². The predicted molar refractivity (Wildman–Crippen MR) is 124 cm³/mol. The highest BCUT2D eigenvalue weighted by atomic mass is 16.5. The molecule has 1 aliphatic carbocycles. The van der Waals surface area contributed by atoms with Gasteiger partial charge in [-0.05, 0) is 36.5 Å². The molecular formula is C25H50N2O2. The highest BCUT2D eigenvalue weighted by molar-refractivity contribution is 5.69. The van der Waals surface area contributed by atoms with Crippen molar-refractivity contribution < 1.29 is 9.53 Å². The number of carbonyl (C=O) groups is 1.